The van der Waals surface area contributed by atoms with E-state index in [1.807, 2.05) is 0 Å². The first kappa shape index (κ1) is 39.3. The fourth-order valence-electron chi connectivity index (χ4n) is 10.5. The third-order valence-corrected chi connectivity index (χ3v) is 13.9. The van der Waals surface area contributed by atoms with Crippen LogP contribution in [0, 0.1) is 0 Å². The maximum atomic E-state index is 2.53. The highest BCUT2D eigenvalue weighted by molar-refractivity contribution is 7.00. The van der Waals surface area contributed by atoms with Crippen molar-refractivity contribution in [3.05, 3.63) is 187 Å². The molecule has 9 aromatic carbocycles. The molecule has 2 aliphatic heterocycles. The highest BCUT2D eigenvalue weighted by Crippen LogP contribution is 2.46. The molecule has 2 aliphatic rings. The molecule has 0 amide bonds. The van der Waals surface area contributed by atoms with E-state index in [0.29, 0.717) is 0 Å². The van der Waals surface area contributed by atoms with E-state index >= 15 is 0 Å². The number of hydrogen-bond donors (Lipinski definition) is 0. The molecule has 0 saturated heterocycles. The minimum absolute atomic E-state index is 0.00396. The summed E-state index contributed by atoms with van der Waals surface area (Å²) in [6.45, 7) is 20.9. The quantitative estimate of drug-likeness (QED) is 0.129. The zero-order valence-corrected chi connectivity index (χ0v) is 38.1. The molecule has 0 saturated carbocycles. The number of anilines is 6. The molecule has 0 unspecified atom stereocenters. The maximum absolute atomic E-state index is 2.53. The lowest BCUT2D eigenvalue weighted by atomic mass is 9.33. The highest BCUT2D eigenvalue weighted by atomic mass is 15.2. The van der Waals surface area contributed by atoms with Gasteiger partial charge in [0.15, 0.2) is 0 Å². The number of benzene rings is 9. The maximum Gasteiger partial charge on any atom is 0.252 e. The van der Waals surface area contributed by atoms with Gasteiger partial charge in [-0.2, -0.15) is 0 Å². The molecule has 11 rings (SSSR count). The second kappa shape index (κ2) is 14.0. The van der Waals surface area contributed by atoms with E-state index in [1.165, 1.54) is 105 Å². The van der Waals surface area contributed by atoms with Crippen molar-refractivity contribution >= 4 is 89.5 Å². The number of hydrogen-bond acceptors (Lipinski definition) is 2. The first-order valence-corrected chi connectivity index (χ1v) is 22.7. The van der Waals surface area contributed by atoms with Gasteiger partial charge in [0, 0.05) is 34.1 Å². The first-order valence-electron chi connectivity index (χ1n) is 22.7. The van der Waals surface area contributed by atoms with E-state index < -0.39 is 0 Å². The molecule has 9 aromatic rings. The zero-order chi connectivity index (χ0) is 43.6. The van der Waals surface area contributed by atoms with Crippen LogP contribution < -0.4 is 26.2 Å². The van der Waals surface area contributed by atoms with Crippen molar-refractivity contribution < 1.29 is 0 Å². The van der Waals surface area contributed by atoms with E-state index in [1.54, 1.807) is 0 Å². The van der Waals surface area contributed by atoms with Crippen LogP contribution in [0.2, 0.25) is 0 Å². The summed E-state index contributed by atoms with van der Waals surface area (Å²) < 4.78 is 0. The van der Waals surface area contributed by atoms with E-state index in [2.05, 4.69) is 242 Å². The van der Waals surface area contributed by atoms with Crippen molar-refractivity contribution in [2.45, 2.75) is 78.6 Å². The van der Waals surface area contributed by atoms with Crippen LogP contribution in [0.25, 0.3) is 43.4 Å². The molecule has 0 aliphatic carbocycles. The van der Waals surface area contributed by atoms with Crippen LogP contribution in [-0.4, -0.2) is 6.71 Å². The predicted octanol–water partition coefficient (Wildman–Crippen LogP) is 14.8. The van der Waals surface area contributed by atoms with Crippen molar-refractivity contribution in [3.8, 4) is 11.1 Å². The fourth-order valence-corrected chi connectivity index (χ4v) is 10.5. The molecule has 2 nitrogen and oxygen atoms in total. The average Bonchev–Trinajstić information content (AvgIpc) is 3.27. The van der Waals surface area contributed by atoms with Crippen LogP contribution in [0.4, 0.5) is 34.1 Å². The van der Waals surface area contributed by atoms with Crippen LogP contribution in [-0.2, 0) is 16.2 Å². The summed E-state index contributed by atoms with van der Waals surface area (Å²) in [7, 11) is 0. The van der Waals surface area contributed by atoms with Gasteiger partial charge in [-0.25, -0.2) is 0 Å². The van der Waals surface area contributed by atoms with Crippen LogP contribution in [0.15, 0.2) is 170 Å². The number of nitrogens with zero attached hydrogens (tertiary/aromatic N) is 2. The van der Waals surface area contributed by atoms with Gasteiger partial charge in [-0.15, -0.1) is 0 Å². The van der Waals surface area contributed by atoms with Gasteiger partial charge >= 0.3 is 0 Å². The minimum atomic E-state index is -0.0130. The molecular formula is C60H55BN2. The van der Waals surface area contributed by atoms with Gasteiger partial charge in [-0.05, 0) is 141 Å². The van der Waals surface area contributed by atoms with Gasteiger partial charge in [0.05, 0.1) is 0 Å². The smallest absolute Gasteiger partial charge is 0.252 e. The Bertz CT molecular complexity index is 3240. The molecule has 0 fully saturated rings. The van der Waals surface area contributed by atoms with Crippen molar-refractivity contribution in [3.63, 3.8) is 0 Å². The van der Waals surface area contributed by atoms with E-state index in [-0.39, 0.29) is 23.0 Å². The molecule has 2 heterocycles. The van der Waals surface area contributed by atoms with Gasteiger partial charge in [0.2, 0.25) is 0 Å². The van der Waals surface area contributed by atoms with Crippen LogP contribution in [0.5, 0.6) is 0 Å². The molecule has 0 N–H and O–H groups in total. The van der Waals surface area contributed by atoms with Crippen molar-refractivity contribution in [1.29, 1.82) is 0 Å². The van der Waals surface area contributed by atoms with Crippen molar-refractivity contribution in [2.24, 2.45) is 0 Å². The Balaban J connectivity index is 1.13. The lowest BCUT2D eigenvalue weighted by Gasteiger charge is -2.45. The van der Waals surface area contributed by atoms with Gasteiger partial charge in [-0.1, -0.05) is 184 Å². The van der Waals surface area contributed by atoms with E-state index in [9.17, 15) is 0 Å². The van der Waals surface area contributed by atoms with Gasteiger partial charge < -0.3 is 9.80 Å². The van der Waals surface area contributed by atoms with Crippen LogP contribution in [0.1, 0.15) is 79.0 Å². The third kappa shape index (κ3) is 6.22. The molecule has 308 valence electrons. The topological polar surface area (TPSA) is 6.48 Å². The van der Waals surface area contributed by atoms with Crippen LogP contribution in [0.3, 0.4) is 0 Å². The van der Waals surface area contributed by atoms with E-state index in [0.717, 1.165) is 5.69 Å². The summed E-state index contributed by atoms with van der Waals surface area (Å²) in [6.07, 6.45) is 0. The van der Waals surface area contributed by atoms with Crippen molar-refractivity contribution in [2.75, 3.05) is 9.80 Å². The first-order chi connectivity index (χ1) is 30.2. The zero-order valence-electron chi connectivity index (χ0n) is 38.1. The molecule has 0 radical (unpaired) electrons. The van der Waals surface area contributed by atoms with E-state index in [4.69, 9.17) is 0 Å². The molecule has 63 heavy (non-hydrogen) atoms. The molecule has 0 bridgehead atoms. The third-order valence-electron chi connectivity index (χ3n) is 13.9. The highest BCUT2D eigenvalue weighted by Gasteiger charge is 2.44. The Morgan fingerprint density at radius 3 is 1.22 bits per heavy atom. The lowest BCUT2D eigenvalue weighted by molar-refractivity contribution is 0.590. The Hall–Kier alpha value is -6.58. The predicted molar refractivity (Wildman–Crippen MR) is 275 cm³/mol. The molecule has 0 spiro atoms. The average molecular weight is 815 g/mol. The Morgan fingerprint density at radius 1 is 0.349 bits per heavy atom. The summed E-state index contributed by atoms with van der Waals surface area (Å²) in [5, 5.41) is 7.78. The summed E-state index contributed by atoms with van der Waals surface area (Å²) in [6, 6.07) is 64.7. The summed E-state index contributed by atoms with van der Waals surface area (Å²) in [5.41, 5.74) is 17.9. The minimum Gasteiger partial charge on any atom is -0.311 e. The van der Waals surface area contributed by atoms with Gasteiger partial charge in [-0.3, -0.25) is 0 Å². The molecule has 0 aromatic heterocycles. The summed E-state index contributed by atoms with van der Waals surface area (Å²) in [4.78, 5) is 5.06. The molecular weight excluding hydrogens is 759 g/mol. The van der Waals surface area contributed by atoms with Gasteiger partial charge in [0.25, 0.3) is 6.71 Å². The van der Waals surface area contributed by atoms with Crippen molar-refractivity contribution in [1.82, 2.24) is 0 Å². The molecule has 3 heteroatoms. The summed E-state index contributed by atoms with van der Waals surface area (Å²) >= 11 is 0. The van der Waals surface area contributed by atoms with Gasteiger partial charge in [0.1, 0.15) is 0 Å². The largest absolute Gasteiger partial charge is 0.311 e. The Kier molecular flexibility index (Phi) is 8.71. The summed E-state index contributed by atoms with van der Waals surface area (Å²) in [5.74, 6) is 0. The Labute approximate surface area is 373 Å². The SMILES string of the molecule is CC(C)(C)c1ccc(N2c3ccc(C(C)(C)C)cc3B3c4cc(C(C)(C)C)ccc4N(c4ccc(-c5cccc6c7ccccc7c7ccccc7c56)cc4)c4cccc2c43)cc1. The second-order valence-corrected chi connectivity index (χ2v) is 21.0. The monoisotopic (exact) mass is 814 g/mol. The Morgan fingerprint density at radius 2 is 0.746 bits per heavy atom. The number of fused-ring (bicyclic) bond motifs is 10. The standard InChI is InChI=1S/C60H55BN2/c1-58(2,3)39-26-32-43(33-27-39)63-53-35-29-41(60(7,8)9)37-51(53)61-50-36-40(59(4,5)6)28-34-52(50)62(54-22-15-23-55(63)57(54)61)42-30-24-38(25-31-42)44-20-14-21-49-47-17-11-10-16-45(47)46-18-12-13-19-48(46)56(44)49/h10-37H,1-9H3. The number of rotatable bonds is 3. The lowest BCUT2D eigenvalue weighted by Crippen LogP contribution is -2.61. The second-order valence-electron chi connectivity index (χ2n) is 21.0. The van der Waals surface area contributed by atoms with Crippen LogP contribution >= 0.6 is 0 Å². The fraction of sp³-hybridized carbons (Fsp3) is 0.200. The molecule has 0 atom stereocenters. The normalized spacial score (nSPS) is 13.7.